The van der Waals surface area contributed by atoms with Gasteiger partial charge in [0.1, 0.15) is 23.2 Å². The summed E-state index contributed by atoms with van der Waals surface area (Å²) in [6, 6.07) is 4.15. The first-order valence-corrected chi connectivity index (χ1v) is 11.0. The third-order valence-corrected chi connectivity index (χ3v) is 5.74. The second kappa shape index (κ2) is 10.2. The molecule has 1 aromatic heterocycles. The lowest BCUT2D eigenvalue weighted by atomic mass is 9.99. The van der Waals surface area contributed by atoms with Gasteiger partial charge in [-0.25, -0.2) is 4.79 Å². The number of amides is 3. The molecule has 0 saturated carbocycles. The van der Waals surface area contributed by atoms with Gasteiger partial charge < -0.3 is 34.8 Å². The lowest BCUT2D eigenvalue weighted by molar-refractivity contribution is 0.0363. The molecule has 3 N–H and O–H groups in total. The average Bonchev–Trinajstić information content (AvgIpc) is 3.07. The second-order valence-electron chi connectivity index (χ2n) is 8.87. The highest BCUT2D eigenvalue weighted by atomic mass is 16.5. The normalized spacial score (nSPS) is 19.4. The number of benzene rings is 1. The number of aryl methyl sites for hydroxylation is 2. The Kier molecular flexibility index (Phi) is 7.60. The zero-order chi connectivity index (χ0) is 24.3. The molecule has 180 valence electrons. The number of nitrogens with one attached hydrogen (secondary N) is 2. The summed E-state index contributed by atoms with van der Waals surface area (Å²) in [5, 5.41) is 19.0. The Morgan fingerprint density at radius 2 is 2.06 bits per heavy atom. The van der Waals surface area contributed by atoms with Gasteiger partial charge in [-0.3, -0.25) is 4.79 Å². The van der Waals surface area contributed by atoms with Crippen molar-refractivity contribution in [1.82, 2.24) is 15.0 Å². The summed E-state index contributed by atoms with van der Waals surface area (Å²) in [6.45, 7) is 8.27. The fraction of sp³-hybridized carbons (Fsp3) is 0.522. The van der Waals surface area contributed by atoms with E-state index in [-0.39, 0.29) is 30.6 Å². The molecule has 0 aliphatic carbocycles. The molecule has 0 fully saturated rings. The number of fused-ring (bicyclic) bond motifs is 1. The van der Waals surface area contributed by atoms with Crippen LogP contribution in [0.2, 0.25) is 0 Å². The molecular weight excluding hydrogens is 426 g/mol. The zero-order valence-corrected chi connectivity index (χ0v) is 20.0. The minimum atomic E-state index is -0.483. The van der Waals surface area contributed by atoms with Gasteiger partial charge in [-0.2, -0.15) is 0 Å². The van der Waals surface area contributed by atoms with E-state index < -0.39 is 6.03 Å². The predicted octanol–water partition coefficient (Wildman–Crippen LogP) is 2.72. The molecule has 3 amide bonds. The Hall–Kier alpha value is -3.11. The number of rotatable bonds is 6. The van der Waals surface area contributed by atoms with E-state index in [0.717, 1.165) is 0 Å². The summed E-state index contributed by atoms with van der Waals surface area (Å²) in [4.78, 5) is 29.7. The summed E-state index contributed by atoms with van der Waals surface area (Å²) < 4.78 is 11.3. The van der Waals surface area contributed by atoms with Crippen LogP contribution in [0.1, 0.15) is 35.7 Å². The van der Waals surface area contributed by atoms with E-state index in [0.29, 0.717) is 47.2 Å². The maximum Gasteiger partial charge on any atom is 0.323 e. The van der Waals surface area contributed by atoms with Crippen molar-refractivity contribution in [2.75, 3.05) is 44.4 Å². The number of hydrogen-bond acceptors (Lipinski definition) is 7. The molecule has 1 aromatic carbocycles. The number of ether oxygens (including phenoxy) is 1. The van der Waals surface area contributed by atoms with Crippen LogP contribution in [-0.2, 0) is 0 Å². The number of likely N-dealkylation sites (N-methyl/N-ethyl adjacent to an activating group) is 1. The number of aliphatic hydroxyl groups is 1. The van der Waals surface area contributed by atoms with Crippen LogP contribution in [0.15, 0.2) is 22.7 Å². The molecule has 3 atom stereocenters. The Labute approximate surface area is 193 Å². The van der Waals surface area contributed by atoms with E-state index in [4.69, 9.17) is 9.26 Å². The van der Waals surface area contributed by atoms with Crippen LogP contribution in [-0.4, -0.2) is 77.9 Å². The number of urea groups is 1. The van der Waals surface area contributed by atoms with Crippen molar-refractivity contribution >= 4 is 23.3 Å². The molecular formula is C23H33N5O5. The minimum absolute atomic E-state index is 0.0529. The minimum Gasteiger partial charge on any atom is -0.488 e. The standard InChI is InChI=1S/C23H33N5O5/c1-13-10-28(14(2)12-29)22(30)18-9-17(7-8-19(18)32-20(13)11-27(5)6)24-23(31)25-21-15(3)26-33-16(21)4/h7-9,13-14,20,29H,10-12H2,1-6H3,(H2,24,25,31)/t13-,14+,20+/m0/s1. The van der Waals surface area contributed by atoms with Gasteiger partial charge in [0, 0.05) is 24.7 Å². The number of hydrogen-bond donors (Lipinski definition) is 3. The lowest BCUT2D eigenvalue weighted by Crippen LogP contribution is -2.49. The Bertz CT molecular complexity index is 986. The maximum atomic E-state index is 13.4. The molecule has 10 heteroatoms. The molecule has 0 saturated heterocycles. The summed E-state index contributed by atoms with van der Waals surface area (Å²) in [7, 11) is 3.94. The van der Waals surface area contributed by atoms with Crippen LogP contribution in [0, 0.1) is 19.8 Å². The second-order valence-corrected chi connectivity index (χ2v) is 8.87. The Balaban J connectivity index is 1.90. The van der Waals surface area contributed by atoms with E-state index in [1.807, 2.05) is 32.8 Å². The van der Waals surface area contributed by atoms with E-state index in [1.165, 1.54) is 0 Å². The quantitative estimate of drug-likeness (QED) is 0.607. The lowest BCUT2D eigenvalue weighted by Gasteiger charge is -2.37. The molecule has 1 aliphatic heterocycles. The van der Waals surface area contributed by atoms with Crippen LogP contribution in [0.25, 0.3) is 0 Å². The number of carbonyl (C=O) groups is 2. The molecule has 2 heterocycles. The molecule has 0 unspecified atom stereocenters. The van der Waals surface area contributed by atoms with E-state index in [2.05, 4.69) is 15.8 Å². The summed E-state index contributed by atoms with van der Waals surface area (Å²) in [5.41, 5.74) is 1.84. The summed E-state index contributed by atoms with van der Waals surface area (Å²) in [5.74, 6) is 0.748. The van der Waals surface area contributed by atoms with Crippen LogP contribution in [0.3, 0.4) is 0 Å². The maximum absolute atomic E-state index is 13.4. The van der Waals surface area contributed by atoms with Gasteiger partial charge in [0.15, 0.2) is 5.76 Å². The van der Waals surface area contributed by atoms with E-state index in [9.17, 15) is 14.7 Å². The zero-order valence-electron chi connectivity index (χ0n) is 20.0. The molecule has 2 aromatic rings. The smallest absolute Gasteiger partial charge is 0.323 e. The van der Waals surface area contributed by atoms with Crippen molar-refractivity contribution in [3.05, 3.63) is 35.2 Å². The third-order valence-electron chi connectivity index (χ3n) is 5.74. The number of aromatic nitrogens is 1. The molecule has 3 rings (SSSR count). The van der Waals surface area contributed by atoms with Crippen molar-refractivity contribution in [3.8, 4) is 5.75 Å². The number of aliphatic hydroxyl groups excluding tert-OH is 1. The first kappa shape index (κ1) is 24.5. The fourth-order valence-electron chi connectivity index (χ4n) is 3.82. The van der Waals surface area contributed by atoms with Crippen molar-refractivity contribution < 1.29 is 24.0 Å². The van der Waals surface area contributed by atoms with Crippen LogP contribution in [0.5, 0.6) is 5.75 Å². The van der Waals surface area contributed by atoms with Crippen molar-refractivity contribution in [2.45, 2.75) is 39.8 Å². The van der Waals surface area contributed by atoms with Gasteiger partial charge in [-0.1, -0.05) is 12.1 Å². The topological polar surface area (TPSA) is 120 Å². The first-order chi connectivity index (χ1) is 15.6. The van der Waals surface area contributed by atoms with Crippen LogP contribution >= 0.6 is 0 Å². The summed E-state index contributed by atoms with van der Waals surface area (Å²) in [6.07, 6.45) is -0.151. The Morgan fingerprint density at radius 1 is 1.33 bits per heavy atom. The predicted molar refractivity (Wildman–Crippen MR) is 125 cm³/mol. The molecule has 10 nitrogen and oxygen atoms in total. The third kappa shape index (κ3) is 5.63. The van der Waals surface area contributed by atoms with Gasteiger partial charge in [0.05, 0.1) is 18.2 Å². The SMILES string of the molecule is Cc1noc(C)c1NC(=O)Nc1ccc2c(c1)C(=O)N([C@H](C)CO)C[C@H](C)[C@@H](CN(C)C)O2. The fourth-order valence-corrected chi connectivity index (χ4v) is 3.82. The molecule has 33 heavy (non-hydrogen) atoms. The number of carbonyl (C=O) groups excluding carboxylic acids is 2. The van der Waals surface area contributed by atoms with Gasteiger partial charge in [0.25, 0.3) is 5.91 Å². The summed E-state index contributed by atoms with van der Waals surface area (Å²) >= 11 is 0. The largest absolute Gasteiger partial charge is 0.488 e. The molecule has 0 bridgehead atoms. The average molecular weight is 460 g/mol. The highest BCUT2D eigenvalue weighted by molar-refractivity contribution is 6.03. The highest BCUT2D eigenvalue weighted by Crippen LogP contribution is 2.30. The van der Waals surface area contributed by atoms with Crippen molar-refractivity contribution in [1.29, 1.82) is 0 Å². The molecule has 0 radical (unpaired) electrons. The van der Waals surface area contributed by atoms with Gasteiger partial charge in [-0.05, 0) is 53.1 Å². The Morgan fingerprint density at radius 3 is 2.67 bits per heavy atom. The van der Waals surface area contributed by atoms with E-state index >= 15 is 0 Å². The molecule has 0 spiro atoms. The molecule has 1 aliphatic rings. The number of anilines is 2. The van der Waals surface area contributed by atoms with Crippen molar-refractivity contribution in [3.63, 3.8) is 0 Å². The van der Waals surface area contributed by atoms with Gasteiger partial charge >= 0.3 is 6.03 Å². The van der Waals surface area contributed by atoms with Gasteiger partial charge in [-0.15, -0.1) is 0 Å². The van der Waals surface area contributed by atoms with Crippen LogP contribution < -0.4 is 15.4 Å². The number of nitrogens with zero attached hydrogens (tertiary/aromatic N) is 3. The first-order valence-electron chi connectivity index (χ1n) is 11.0. The monoisotopic (exact) mass is 459 g/mol. The van der Waals surface area contributed by atoms with E-state index in [1.54, 1.807) is 36.9 Å². The van der Waals surface area contributed by atoms with Gasteiger partial charge in [0.2, 0.25) is 0 Å². The van der Waals surface area contributed by atoms with Crippen molar-refractivity contribution in [2.24, 2.45) is 5.92 Å². The van der Waals surface area contributed by atoms with Crippen LogP contribution in [0.4, 0.5) is 16.2 Å². The highest BCUT2D eigenvalue weighted by Gasteiger charge is 2.33.